The van der Waals surface area contributed by atoms with E-state index in [1.165, 1.54) is 4.57 Å². The number of nitrogens with zero attached hydrogens (tertiary/aromatic N) is 4. The maximum absolute atomic E-state index is 13.1. The first-order chi connectivity index (χ1) is 15.4. The maximum Gasteiger partial charge on any atom is 0.361 e. The Hall–Kier alpha value is -3.69. The molecule has 0 unspecified atom stereocenters. The second kappa shape index (κ2) is 8.45. The Kier molecular flexibility index (Phi) is 5.68. The third kappa shape index (κ3) is 3.51. The summed E-state index contributed by atoms with van der Waals surface area (Å²) in [6, 6.07) is 5.16. The molecule has 1 amide bonds. The van der Waals surface area contributed by atoms with Gasteiger partial charge in [-0.3, -0.25) is 14.2 Å². The Morgan fingerprint density at radius 2 is 1.91 bits per heavy atom. The predicted octanol–water partition coefficient (Wildman–Crippen LogP) is 2.20. The standard InChI is InChI=1S/C22H25N5O5/c1-4-31-17-16(22(30)32-5-2)25-19(26(3)21(17)29)20-24-14-10-9-12(18(23)28)11-15(14)27(20)13-7-6-8-13/h9-11,13H,4-8H2,1-3H3,(H2,23,28). The smallest absolute Gasteiger partial charge is 0.361 e. The Morgan fingerprint density at radius 3 is 2.50 bits per heavy atom. The molecule has 1 aromatic carbocycles. The van der Waals surface area contributed by atoms with E-state index in [4.69, 9.17) is 20.2 Å². The number of nitrogens with two attached hydrogens (primary N) is 1. The zero-order valence-electron chi connectivity index (χ0n) is 18.3. The van der Waals surface area contributed by atoms with Crippen molar-refractivity contribution in [2.24, 2.45) is 12.8 Å². The van der Waals surface area contributed by atoms with E-state index < -0.39 is 17.4 Å². The molecule has 2 N–H and O–H groups in total. The van der Waals surface area contributed by atoms with Gasteiger partial charge >= 0.3 is 5.97 Å². The van der Waals surface area contributed by atoms with Crippen LogP contribution in [0.4, 0.5) is 0 Å². The lowest BCUT2D eigenvalue weighted by Gasteiger charge is -2.29. The van der Waals surface area contributed by atoms with Gasteiger partial charge in [0, 0.05) is 18.7 Å². The molecule has 3 aromatic rings. The molecule has 0 atom stereocenters. The molecule has 0 bridgehead atoms. The van der Waals surface area contributed by atoms with Crippen molar-refractivity contribution in [3.8, 4) is 17.4 Å². The van der Waals surface area contributed by atoms with Crippen molar-refractivity contribution in [1.82, 2.24) is 19.1 Å². The zero-order chi connectivity index (χ0) is 23.0. The van der Waals surface area contributed by atoms with E-state index in [2.05, 4.69) is 4.98 Å². The van der Waals surface area contributed by atoms with E-state index in [0.29, 0.717) is 16.9 Å². The molecule has 1 aliphatic rings. The number of carbonyl (C=O) groups is 2. The Labute approximate surface area is 184 Å². The van der Waals surface area contributed by atoms with Gasteiger partial charge in [0.25, 0.3) is 5.56 Å². The summed E-state index contributed by atoms with van der Waals surface area (Å²) < 4.78 is 13.8. The predicted molar refractivity (Wildman–Crippen MR) is 117 cm³/mol. The first-order valence-corrected chi connectivity index (χ1v) is 10.6. The summed E-state index contributed by atoms with van der Waals surface area (Å²) in [7, 11) is 1.56. The summed E-state index contributed by atoms with van der Waals surface area (Å²) in [5, 5.41) is 0. The summed E-state index contributed by atoms with van der Waals surface area (Å²) in [6.07, 6.45) is 2.91. The number of aromatic nitrogens is 4. The highest BCUT2D eigenvalue weighted by molar-refractivity contribution is 5.97. The number of ether oxygens (including phenoxy) is 2. The van der Waals surface area contributed by atoms with E-state index in [-0.39, 0.29) is 36.5 Å². The minimum absolute atomic E-state index is 0.132. The van der Waals surface area contributed by atoms with Crippen LogP contribution in [0.25, 0.3) is 22.7 Å². The molecule has 32 heavy (non-hydrogen) atoms. The summed E-state index contributed by atoms with van der Waals surface area (Å²) in [5.74, 6) is -0.785. The van der Waals surface area contributed by atoms with E-state index in [9.17, 15) is 14.4 Å². The van der Waals surface area contributed by atoms with Crippen molar-refractivity contribution in [3.63, 3.8) is 0 Å². The number of fused-ring (bicyclic) bond motifs is 1. The Balaban J connectivity index is 2.00. The number of carbonyl (C=O) groups excluding carboxylic acids is 2. The lowest BCUT2D eigenvalue weighted by Crippen LogP contribution is -2.28. The molecule has 1 fully saturated rings. The van der Waals surface area contributed by atoms with Crippen LogP contribution in [0.3, 0.4) is 0 Å². The average molecular weight is 439 g/mol. The maximum atomic E-state index is 13.1. The van der Waals surface area contributed by atoms with Gasteiger partial charge in [-0.2, -0.15) is 0 Å². The fourth-order valence-corrected chi connectivity index (χ4v) is 3.81. The monoisotopic (exact) mass is 439 g/mol. The van der Waals surface area contributed by atoms with Crippen LogP contribution in [-0.2, 0) is 11.8 Å². The minimum Gasteiger partial charge on any atom is -0.486 e. The van der Waals surface area contributed by atoms with Gasteiger partial charge < -0.3 is 19.8 Å². The van der Waals surface area contributed by atoms with Crippen molar-refractivity contribution in [2.75, 3.05) is 13.2 Å². The average Bonchev–Trinajstić information content (AvgIpc) is 3.08. The van der Waals surface area contributed by atoms with Crippen LogP contribution in [0.2, 0.25) is 0 Å². The number of esters is 1. The van der Waals surface area contributed by atoms with Crippen molar-refractivity contribution >= 4 is 22.9 Å². The highest BCUT2D eigenvalue weighted by atomic mass is 16.5. The third-order valence-corrected chi connectivity index (χ3v) is 5.62. The molecule has 0 saturated heterocycles. The second-order valence-corrected chi connectivity index (χ2v) is 7.59. The first-order valence-electron chi connectivity index (χ1n) is 10.6. The second-order valence-electron chi connectivity index (χ2n) is 7.59. The Bertz CT molecular complexity index is 1270. The first kappa shape index (κ1) is 21.5. The molecule has 2 aromatic heterocycles. The lowest BCUT2D eigenvalue weighted by atomic mass is 9.92. The van der Waals surface area contributed by atoms with E-state index >= 15 is 0 Å². The number of rotatable bonds is 7. The lowest BCUT2D eigenvalue weighted by molar-refractivity contribution is 0.0513. The molecule has 0 spiro atoms. The molecular weight excluding hydrogens is 414 g/mol. The van der Waals surface area contributed by atoms with Gasteiger partial charge in [0.05, 0.1) is 24.2 Å². The van der Waals surface area contributed by atoms with Gasteiger partial charge in [0.15, 0.2) is 17.3 Å². The molecule has 1 saturated carbocycles. The topological polar surface area (TPSA) is 131 Å². The molecule has 0 radical (unpaired) electrons. The van der Waals surface area contributed by atoms with Crippen LogP contribution in [0.5, 0.6) is 5.75 Å². The summed E-state index contributed by atoms with van der Waals surface area (Å²) in [4.78, 5) is 46.6. The molecule has 168 valence electrons. The molecule has 2 heterocycles. The van der Waals surface area contributed by atoms with Crippen molar-refractivity contribution in [1.29, 1.82) is 0 Å². The summed E-state index contributed by atoms with van der Waals surface area (Å²) in [5.41, 5.74) is 6.51. The van der Waals surface area contributed by atoms with E-state index in [0.717, 1.165) is 24.8 Å². The largest absolute Gasteiger partial charge is 0.486 e. The SMILES string of the molecule is CCOC(=O)c1nc(-c2nc3ccc(C(N)=O)cc3n2C2CCC2)n(C)c(=O)c1OCC. The quantitative estimate of drug-likeness (QED) is 0.558. The van der Waals surface area contributed by atoms with Crippen LogP contribution in [-0.4, -0.2) is 44.2 Å². The van der Waals surface area contributed by atoms with Crippen molar-refractivity contribution < 1.29 is 19.1 Å². The van der Waals surface area contributed by atoms with Crippen LogP contribution in [0.1, 0.15) is 60.0 Å². The van der Waals surface area contributed by atoms with Gasteiger partial charge in [0.2, 0.25) is 11.7 Å². The minimum atomic E-state index is -0.739. The van der Waals surface area contributed by atoms with E-state index in [1.807, 2.05) is 4.57 Å². The van der Waals surface area contributed by atoms with Crippen LogP contribution >= 0.6 is 0 Å². The fraction of sp³-hybridized carbons (Fsp3) is 0.409. The van der Waals surface area contributed by atoms with Crippen LogP contribution in [0.15, 0.2) is 23.0 Å². The van der Waals surface area contributed by atoms with Gasteiger partial charge in [-0.1, -0.05) is 0 Å². The normalized spacial score (nSPS) is 13.7. The molecule has 10 nitrogen and oxygen atoms in total. The molecular formula is C22H25N5O5. The van der Waals surface area contributed by atoms with Gasteiger partial charge in [-0.25, -0.2) is 14.8 Å². The molecule has 0 aliphatic heterocycles. The summed E-state index contributed by atoms with van der Waals surface area (Å²) in [6.45, 7) is 3.72. The molecule has 4 rings (SSSR count). The van der Waals surface area contributed by atoms with Gasteiger partial charge in [0.1, 0.15) is 0 Å². The number of hydrogen-bond acceptors (Lipinski definition) is 7. The molecule has 1 aliphatic carbocycles. The number of imidazole rings is 1. The van der Waals surface area contributed by atoms with Gasteiger partial charge in [-0.15, -0.1) is 0 Å². The highest BCUT2D eigenvalue weighted by Gasteiger charge is 2.30. The van der Waals surface area contributed by atoms with Crippen molar-refractivity contribution in [2.45, 2.75) is 39.2 Å². The number of primary amides is 1. The highest BCUT2D eigenvalue weighted by Crippen LogP contribution is 2.38. The van der Waals surface area contributed by atoms with Crippen LogP contribution in [0, 0.1) is 0 Å². The number of hydrogen-bond donors (Lipinski definition) is 1. The molecule has 10 heteroatoms. The summed E-state index contributed by atoms with van der Waals surface area (Å²) >= 11 is 0. The van der Waals surface area contributed by atoms with Gasteiger partial charge in [-0.05, 0) is 51.3 Å². The fourth-order valence-electron chi connectivity index (χ4n) is 3.81. The van der Waals surface area contributed by atoms with Crippen LogP contribution < -0.4 is 16.0 Å². The Morgan fingerprint density at radius 1 is 1.16 bits per heavy atom. The third-order valence-electron chi connectivity index (χ3n) is 5.62. The zero-order valence-corrected chi connectivity index (χ0v) is 18.3. The number of amides is 1. The van der Waals surface area contributed by atoms with E-state index in [1.54, 1.807) is 39.1 Å². The van der Waals surface area contributed by atoms with Crippen molar-refractivity contribution in [3.05, 3.63) is 39.8 Å². The number of benzene rings is 1.